The Balaban J connectivity index is 0.000000975. The number of aliphatic carboxylic acids is 1. The van der Waals surface area contributed by atoms with E-state index in [1.807, 2.05) is 6.92 Å². The maximum Gasteiger partial charge on any atom is 0.431 e. The number of ether oxygens (including phenoxy) is 2. The summed E-state index contributed by atoms with van der Waals surface area (Å²) in [6, 6.07) is 1.93. The summed E-state index contributed by atoms with van der Waals surface area (Å²) in [6.45, 7) is 10.7. The zero-order chi connectivity index (χ0) is 34.5. The average molecular weight is 681 g/mol. The molecule has 1 unspecified atom stereocenters. The summed E-state index contributed by atoms with van der Waals surface area (Å²) in [7, 11) is 0.792. The molecular weight excluding hydrogens is 648 g/mol. The lowest BCUT2D eigenvalue weighted by molar-refractivity contribution is -0.144. The van der Waals surface area contributed by atoms with Crippen molar-refractivity contribution in [2.75, 3.05) is 13.2 Å². The van der Waals surface area contributed by atoms with Crippen molar-refractivity contribution in [3.63, 3.8) is 0 Å². The number of hydrogen-bond acceptors (Lipinski definition) is 8. The fraction of sp³-hybridized carbons (Fsp3) is 0.414. The van der Waals surface area contributed by atoms with Crippen LogP contribution in [0.15, 0.2) is 57.5 Å². The summed E-state index contributed by atoms with van der Waals surface area (Å²) in [6.07, 6.45) is -0.778. The number of halogens is 5. The van der Waals surface area contributed by atoms with Gasteiger partial charge < -0.3 is 14.6 Å². The molecule has 2 aromatic rings. The Bertz CT molecular complexity index is 1520. The second-order valence-corrected chi connectivity index (χ2v) is 11.1. The van der Waals surface area contributed by atoms with E-state index in [2.05, 4.69) is 17.9 Å². The number of rotatable bonds is 14. The number of thioether (sulfide) groups is 1. The Labute approximate surface area is 265 Å². The van der Waals surface area contributed by atoms with Crippen molar-refractivity contribution in [3.8, 4) is 5.69 Å². The van der Waals surface area contributed by atoms with Crippen LogP contribution in [0.2, 0.25) is 5.02 Å². The van der Waals surface area contributed by atoms with Crippen molar-refractivity contribution in [3.05, 3.63) is 80.4 Å². The minimum atomic E-state index is -4.98. The molecule has 0 aliphatic heterocycles. The normalized spacial score (nSPS) is 11.6. The summed E-state index contributed by atoms with van der Waals surface area (Å²) >= 11 is 6.87. The molecule has 0 aliphatic rings. The zero-order valence-corrected chi connectivity index (χ0v) is 26.3. The number of carbonyl (C=O) groups is 3. The van der Waals surface area contributed by atoms with Crippen molar-refractivity contribution >= 4 is 41.3 Å². The van der Waals surface area contributed by atoms with Gasteiger partial charge in [0.2, 0.25) is 0 Å². The summed E-state index contributed by atoms with van der Waals surface area (Å²) in [5, 5.41) is 7.72. The van der Waals surface area contributed by atoms with Gasteiger partial charge in [-0.25, -0.2) is 23.3 Å². The molecular formula is C29H33ClF4N2O8S. The topological polar surface area (TPSA) is 134 Å². The third kappa shape index (κ3) is 12.2. The number of carbonyl (C=O) groups excluding carboxylic acids is 2. The maximum atomic E-state index is 14.6. The predicted molar refractivity (Wildman–Crippen MR) is 160 cm³/mol. The number of nitrogens with zero attached hydrogens (tertiary/aromatic N) is 2. The average Bonchev–Trinajstić information content (AvgIpc) is 2.96. The van der Waals surface area contributed by atoms with E-state index in [1.54, 1.807) is 0 Å². The lowest BCUT2D eigenvalue weighted by Gasteiger charge is -2.16. The molecule has 0 saturated heterocycles. The number of carboxylic acid groups (broad SMARTS) is 1. The molecule has 1 atom stereocenters. The number of hydrogen-bond donors (Lipinski definition) is 1. The summed E-state index contributed by atoms with van der Waals surface area (Å²) < 4.78 is 64.1. The molecule has 0 bridgehead atoms. The second-order valence-electron chi connectivity index (χ2n) is 9.30. The van der Waals surface area contributed by atoms with Crippen LogP contribution in [0, 0.1) is 5.82 Å². The van der Waals surface area contributed by atoms with Gasteiger partial charge in [0.25, 0.3) is 5.56 Å². The molecule has 10 nitrogen and oxygen atoms in total. The van der Waals surface area contributed by atoms with Crippen LogP contribution < -0.4 is 11.2 Å². The standard InChI is InChI=1S/C22H21ClF4N2O6S.C7H12O2/c1-11(19(31)32)6-4-5-7-35-20(33)12(2)36-16-9-15(14(24)8-13(16)23)29-18(30)10-17(22(25,26)27)28(3)21(29)34;1-3-5-6-9-7(8)4-2/h8-10,12H,1,4-7H2,2-3H3,(H,31,32);4H,2-3,5-6H2,1H3. The van der Waals surface area contributed by atoms with Crippen LogP contribution in [0.1, 0.15) is 51.6 Å². The SMILES string of the molecule is C=C(CCCCOC(=O)C(C)Sc1cc(-n2c(=O)cc(C(F)(F)F)n(C)c2=O)c(F)cc1Cl)C(=O)O.C=CC(=O)OCCCC. The molecule has 45 heavy (non-hydrogen) atoms. The van der Waals surface area contributed by atoms with E-state index in [-0.39, 0.29) is 49.7 Å². The third-order valence-electron chi connectivity index (χ3n) is 5.82. The molecule has 0 saturated carbocycles. The van der Waals surface area contributed by atoms with Gasteiger partial charge in [-0.3, -0.25) is 14.2 Å². The molecule has 0 radical (unpaired) electrons. The summed E-state index contributed by atoms with van der Waals surface area (Å²) in [5.41, 5.74) is -4.93. The fourth-order valence-electron chi connectivity index (χ4n) is 3.35. The minimum absolute atomic E-state index is 0.00994. The highest BCUT2D eigenvalue weighted by molar-refractivity contribution is 8.00. The van der Waals surface area contributed by atoms with Gasteiger partial charge in [0.1, 0.15) is 16.8 Å². The number of benzene rings is 1. The van der Waals surface area contributed by atoms with Crippen LogP contribution in [0.5, 0.6) is 0 Å². The molecule has 1 aromatic heterocycles. The monoisotopic (exact) mass is 680 g/mol. The van der Waals surface area contributed by atoms with E-state index in [4.69, 9.17) is 21.4 Å². The highest BCUT2D eigenvalue weighted by Gasteiger charge is 2.35. The van der Waals surface area contributed by atoms with E-state index in [0.717, 1.165) is 43.8 Å². The second kappa shape index (κ2) is 18.2. The highest BCUT2D eigenvalue weighted by atomic mass is 35.5. The van der Waals surface area contributed by atoms with E-state index >= 15 is 0 Å². The van der Waals surface area contributed by atoms with Crippen LogP contribution in [0.3, 0.4) is 0 Å². The number of aromatic nitrogens is 2. The zero-order valence-electron chi connectivity index (χ0n) is 24.7. The van der Waals surface area contributed by atoms with Crippen LogP contribution in [0.4, 0.5) is 17.6 Å². The van der Waals surface area contributed by atoms with Gasteiger partial charge in [-0.2, -0.15) is 13.2 Å². The van der Waals surface area contributed by atoms with Gasteiger partial charge in [-0.05, 0) is 44.7 Å². The molecule has 1 aromatic carbocycles. The maximum absolute atomic E-state index is 14.6. The molecule has 0 aliphatic carbocycles. The van der Waals surface area contributed by atoms with E-state index < -0.39 is 51.8 Å². The van der Waals surface area contributed by atoms with Crippen molar-refractivity contribution < 1.29 is 46.5 Å². The van der Waals surface area contributed by atoms with Crippen LogP contribution >= 0.6 is 23.4 Å². The first-order valence-electron chi connectivity index (χ1n) is 13.4. The number of unbranched alkanes of at least 4 members (excludes halogenated alkanes) is 2. The Hall–Kier alpha value is -3.85. The summed E-state index contributed by atoms with van der Waals surface area (Å²) in [5.74, 6) is -3.24. The van der Waals surface area contributed by atoms with Crippen molar-refractivity contribution in [2.45, 2.75) is 62.3 Å². The number of carboxylic acids is 1. The predicted octanol–water partition coefficient (Wildman–Crippen LogP) is 5.70. The highest BCUT2D eigenvalue weighted by Crippen LogP contribution is 2.34. The lowest BCUT2D eigenvalue weighted by atomic mass is 10.1. The molecule has 0 spiro atoms. The first kappa shape index (κ1) is 39.2. The summed E-state index contributed by atoms with van der Waals surface area (Å²) in [4.78, 5) is 58.2. The first-order chi connectivity index (χ1) is 21.0. The van der Waals surface area contributed by atoms with Crippen molar-refractivity contribution in [2.24, 2.45) is 7.05 Å². The minimum Gasteiger partial charge on any atom is -0.478 e. The molecule has 1 N–H and O–H groups in total. The van der Waals surface area contributed by atoms with Gasteiger partial charge in [-0.15, -0.1) is 11.8 Å². The van der Waals surface area contributed by atoms with Gasteiger partial charge in [0, 0.05) is 29.7 Å². The Morgan fingerprint density at radius 3 is 2.29 bits per heavy atom. The fourth-order valence-corrected chi connectivity index (χ4v) is 4.53. The molecule has 2 rings (SSSR count). The van der Waals surface area contributed by atoms with E-state index in [9.17, 15) is 41.5 Å². The smallest absolute Gasteiger partial charge is 0.431 e. The third-order valence-corrected chi connectivity index (χ3v) is 7.38. The quantitative estimate of drug-likeness (QED) is 0.0877. The van der Waals surface area contributed by atoms with Gasteiger partial charge in [0.05, 0.1) is 23.9 Å². The van der Waals surface area contributed by atoms with E-state index in [1.165, 1.54) is 13.0 Å². The molecule has 0 amide bonds. The van der Waals surface area contributed by atoms with Crippen LogP contribution in [-0.4, -0.2) is 50.6 Å². The lowest BCUT2D eigenvalue weighted by Crippen LogP contribution is -2.41. The Morgan fingerprint density at radius 2 is 1.73 bits per heavy atom. The Kier molecular flexibility index (Phi) is 15.8. The Morgan fingerprint density at radius 1 is 1.11 bits per heavy atom. The first-order valence-corrected chi connectivity index (χ1v) is 14.6. The van der Waals surface area contributed by atoms with Gasteiger partial charge in [-0.1, -0.05) is 38.1 Å². The van der Waals surface area contributed by atoms with Crippen molar-refractivity contribution in [1.29, 1.82) is 0 Å². The van der Waals surface area contributed by atoms with Gasteiger partial charge >= 0.3 is 29.8 Å². The van der Waals surface area contributed by atoms with E-state index in [0.29, 0.717) is 19.4 Å². The molecule has 16 heteroatoms. The number of alkyl halides is 3. The van der Waals surface area contributed by atoms with Crippen LogP contribution in [0.25, 0.3) is 5.69 Å². The van der Waals surface area contributed by atoms with Crippen molar-refractivity contribution in [1.82, 2.24) is 9.13 Å². The number of esters is 2. The molecule has 1 heterocycles. The largest absolute Gasteiger partial charge is 0.478 e. The molecule has 0 fully saturated rings. The van der Waals surface area contributed by atoms with Gasteiger partial charge in [0.15, 0.2) is 0 Å². The molecule has 248 valence electrons. The van der Waals surface area contributed by atoms with Crippen LogP contribution in [-0.2, 0) is 37.1 Å².